The van der Waals surface area contributed by atoms with Crippen molar-refractivity contribution < 1.29 is 0 Å². The van der Waals surface area contributed by atoms with Gasteiger partial charge in [0.05, 0.1) is 6.07 Å². The maximum atomic E-state index is 8.56. The third-order valence-corrected chi connectivity index (χ3v) is 2.79. The van der Waals surface area contributed by atoms with Crippen LogP contribution in [0.25, 0.3) is 0 Å². The number of hydrogen-bond acceptors (Lipinski definition) is 2. The van der Waals surface area contributed by atoms with Crippen molar-refractivity contribution in [1.82, 2.24) is 4.90 Å². The highest BCUT2D eigenvalue weighted by Crippen LogP contribution is 2.06. The third kappa shape index (κ3) is 8.44. The van der Waals surface area contributed by atoms with Crippen LogP contribution in [0.3, 0.4) is 0 Å². The highest BCUT2D eigenvalue weighted by Gasteiger charge is 2.07. The SMILES string of the molecule is CCCCCCCN(CCC#N)C(C)C. The molecule has 15 heavy (non-hydrogen) atoms. The highest BCUT2D eigenvalue weighted by molar-refractivity contribution is 4.73. The second kappa shape index (κ2) is 9.98. The zero-order chi connectivity index (χ0) is 11.5. The lowest BCUT2D eigenvalue weighted by Crippen LogP contribution is -2.32. The van der Waals surface area contributed by atoms with Crippen molar-refractivity contribution in [2.75, 3.05) is 13.1 Å². The molecule has 0 heterocycles. The molecule has 0 bridgehead atoms. The molecular weight excluding hydrogens is 184 g/mol. The average Bonchev–Trinajstić information content (AvgIpc) is 2.21. The first kappa shape index (κ1) is 14.5. The van der Waals surface area contributed by atoms with Gasteiger partial charge in [-0.15, -0.1) is 0 Å². The molecular formula is C13H26N2. The molecule has 0 fully saturated rings. The van der Waals surface area contributed by atoms with Gasteiger partial charge in [0.2, 0.25) is 0 Å². The van der Waals surface area contributed by atoms with Crippen LogP contribution in [0.4, 0.5) is 0 Å². The lowest BCUT2D eigenvalue weighted by molar-refractivity contribution is 0.221. The minimum Gasteiger partial charge on any atom is -0.300 e. The lowest BCUT2D eigenvalue weighted by atomic mass is 10.1. The van der Waals surface area contributed by atoms with Crippen molar-refractivity contribution in [3.63, 3.8) is 0 Å². The van der Waals surface area contributed by atoms with Crippen LogP contribution >= 0.6 is 0 Å². The van der Waals surface area contributed by atoms with Crippen molar-refractivity contribution in [3.8, 4) is 6.07 Å². The van der Waals surface area contributed by atoms with Crippen LogP contribution in [0.1, 0.15) is 59.3 Å². The van der Waals surface area contributed by atoms with Crippen LogP contribution in [0.15, 0.2) is 0 Å². The van der Waals surface area contributed by atoms with E-state index < -0.39 is 0 Å². The Morgan fingerprint density at radius 1 is 1.07 bits per heavy atom. The minimum absolute atomic E-state index is 0.574. The lowest BCUT2D eigenvalue weighted by Gasteiger charge is -2.25. The molecule has 0 unspecified atom stereocenters. The molecule has 0 aliphatic rings. The summed E-state index contributed by atoms with van der Waals surface area (Å²) in [5.41, 5.74) is 0. The van der Waals surface area contributed by atoms with Crippen molar-refractivity contribution in [1.29, 1.82) is 5.26 Å². The molecule has 88 valence electrons. The van der Waals surface area contributed by atoms with E-state index in [0.29, 0.717) is 12.5 Å². The zero-order valence-electron chi connectivity index (χ0n) is 10.6. The predicted molar refractivity (Wildman–Crippen MR) is 65.7 cm³/mol. The summed E-state index contributed by atoms with van der Waals surface area (Å²) in [6.45, 7) is 8.76. The van der Waals surface area contributed by atoms with Crippen LogP contribution in [0, 0.1) is 11.3 Å². The molecule has 0 atom stereocenters. The Morgan fingerprint density at radius 2 is 1.73 bits per heavy atom. The molecule has 2 nitrogen and oxygen atoms in total. The fourth-order valence-electron chi connectivity index (χ4n) is 1.74. The number of nitriles is 1. The van der Waals surface area contributed by atoms with Crippen LogP contribution < -0.4 is 0 Å². The maximum Gasteiger partial charge on any atom is 0.0635 e. The van der Waals surface area contributed by atoms with Crippen LogP contribution in [0.2, 0.25) is 0 Å². The molecule has 0 aliphatic carbocycles. The Morgan fingerprint density at radius 3 is 2.27 bits per heavy atom. The Hall–Kier alpha value is -0.550. The summed E-state index contributed by atoms with van der Waals surface area (Å²) < 4.78 is 0. The summed E-state index contributed by atoms with van der Waals surface area (Å²) >= 11 is 0. The van der Waals surface area contributed by atoms with Crippen LogP contribution in [0.5, 0.6) is 0 Å². The first-order valence-corrected chi connectivity index (χ1v) is 6.33. The molecule has 0 aliphatic heterocycles. The van der Waals surface area contributed by atoms with Gasteiger partial charge in [0.1, 0.15) is 0 Å². The third-order valence-electron chi connectivity index (χ3n) is 2.79. The molecule has 2 heteroatoms. The molecule has 0 aromatic carbocycles. The van der Waals surface area contributed by atoms with Crippen LogP contribution in [-0.2, 0) is 0 Å². The van der Waals surface area contributed by atoms with E-state index in [1.165, 1.54) is 32.1 Å². The monoisotopic (exact) mass is 210 g/mol. The summed E-state index contributed by atoms with van der Waals surface area (Å²) in [5.74, 6) is 0. The van der Waals surface area contributed by atoms with Gasteiger partial charge in [-0.2, -0.15) is 5.26 Å². The van der Waals surface area contributed by atoms with Gasteiger partial charge in [-0.25, -0.2) is 0 Å². The van der Waals surface area contributed by atoms with Gasteiger partial charge in [0.15, 0.2) is 0 Å². The molecule has 0 N–H and O–H groups in total. The van der Waals surface area contributed by atoms with E-state index in [1.54, 1.807) is 0 Å². The van der Waals surface area contributed by atoms with Gasteiger partial charge in [-0.1, -0.05) is 32.6 Å². The second-order valence-corrected chi connectivity index (χ2v) is 4.45. The standard InChI is InChI=1S/C13H26N2/c1-4-5-6-7-8-11-15(13(2)3)12-9-10-14/h13H,4-9,11-12H2,1-3H3. The number of nitrogens with zero attached hydrogens (tertiary/aromatic N) is 2. The van der Waals surface area contributed by atoms with E-state index in [0.717, 1.165) is 13.1 Å². The largest absolute Gasteiger partial charge is 0.300 e. The molecule has 0 rings (SSSR count). The quantitative estimate of drug-likeness (QED) is 0.544. The Balaban J connectivity index is 3.53. The van der Waals surface area contributed by atoms with E-state index in [4.69, 9.17) is 5.26 Å². The second-order valence-electron chi connectivity index (χ2n) is 4.45. The van der Waals surface area contributed by atoms with Gasteiger partial charge in [-0.3, -0.25) is 4.90 Å². The molecule has 0 saturated carbocycles. The fourth-order valence-corrected chi connectivity index (χ4v) is 1.74. The normalized spacial score (nSPS) is 10.9. The van der Waals surface area contributed by atoms with Crippen molar-refractivity contribution in [2.24, 2.45) is 0 Å². The smallest absolute Gasteiger partial charge is 0.0635 e. The predicted octanol–water partition coefficient (Wildman–Crippen LogP) is 3.58. The molecule has 0 aromatic heterocycles. The van der Waals surface area contributed by atoms with Gasteiger partial charge in [0.25, 0.3) is 0 Å². The molecule has 0 radical (unpaired) electrons. The summed E-state index contributed by atoms with van der Waals surface area (Å²) in [7, 11) is 0. The van der Waals surface area contributed by atoms with E-state index in [-0.39, 0.29) is 0 Å². The summed E-state index contributed by atoms with van der Waals surface area (Å²) in [5, 5.41) is 8.56. The number of hydrogen-bond donors (Lipinski definition) is 0. The first-order valence-electron chi connectivity index (χ1n) is 6.33. The number of unbranched alkanes of at least 4 members (excludes halogenated alkanes) is 4. The molecule has 0 amide bonds. The Bertz CT molecular complexity index is 170. The average molecular weight is 210 g/mol. The Kier molecular flexibility index (Phi) is 9.62. The van der Waals surface area contributed by atoms with Crippen molar-refractivity contribution in [2.45, 2.75) is 65.3 Å². The van der Waals surface area contributed by atoms with E-state index in [9.17, 15) is 0 Å². The van der Waals surface area contributed by atoms with Gasteiger partial charge in [-0.05, 0) is 26.8 Å². The van der Waals surface area contributed by atoms with Crippen LogP contribution in [-0.4, -0.2) is 24.0 Å². The Labute approximate surface area is 95.3 Å². The van der Waals surface area contributed by atoms with Crippen molar-refractivity contribution in [3.05, 3.63) is 0 Å². The van der Waals surface area contributed by atoms with Gasteiger partial charge < -0.3 is 0 Å². The molecule has 0 saturated heterocycles. The summed E-state index contributed by atoms with van der Waals surface area (Å²) in [4.78, 5) is 2.41. The van der Waals surface area contributed by atoms with E-state index in [1.807, 2.05) is 0 Å². The fraction of sp³-hybridized carbons (Fsp3) is 0.923. The number of rotatable bonds is 9. The highest BCUT2D eigenvalue weighted by atomic mass is 15.1. The first-order chi connectivity index (χ1) is 7.22. The van der Waals surface area contributed by atoms with Crippen molar-refractivity contribution >= 4 is 0 Å². The molecule has 0 aromatic rings. The molecule has 0 spiro atoms. The van der Waals surface area contributed by atoms with Gasteiger partial charge >= 0.3 is 0 Å². The maximum absolute atomic E-state index is 8.56. The summed E-state index contributed by atoms with van der Waals surface area (Å²) in [6, 6.07) is 2.80. The van der Waals surface area contributed by atoms with E-state index in [2.05, 4.69) is 31.7 Å². The van der Waals surface area contributed by atoms with Gasteiger partial charge in [0, 0.05) is 19.0 Å². The van der Waals surface area contributed by atoms with E-state index >= 15 is 0 Å². The zero-order valence-corrected chi connectivity index (χ0v) is 10.6. The summed E-state index contributed by atoms with van der Waals surface area (Å²) in [6.07, 6.45) is 7.31. The minimum atomic E-state index is 0.574. The topological polar surface area (TPSA) is 27.0 Å².